The standard InChI is InChI=1S/C24H30Cl3NO6Si/c1-23(2,3)35(17-11-7-5-8-12-17,18-13-9-6-10-14-18)34-15-19(33-16-32-4)20(21(29)30)28-22(31)24(25,26)27/h5-14,19-20H,15-16H2,1-4H3,(H,28,31)(H,29,30)/t19-,20-/m1/s1. The van der Waals surface area contributed by atoms with Crippen LogP contribution in [-0.2, 0) is 23.5 Å². The Kier molecular flexibility index (Phi) is 10.6. The molecule has 0 aliphatic carbocycles. The molecule has 0 radical (unpaired) electrons. The number of hydrogen-bond acceptors (Lipinski definition) is 5. The molecule has 0 saturated heterocycles. The first-order valence-corrected chi connectivity index (χ1v) is 13.8. The predicted octanol–water partition coefficient (Wildman–Crippen LogP) is 3.49. The summed E-state index contributed by atoms with van der Waals surface area (Å²) in [7, 11) is -1.61. The van der Waals surface area contributed by atoms with E-state index in [1.54, 1.807) is 0 Å². The molecule has 7 nitrogen and oxygen atoms in total. The minimum Gasteiger partial charge on any atom is -0.480 e. The number of hydrogen-bond donors (Lipinski definition) is 2. The fourth-order valence-electron chi connectivity index (χ4n) is 3.90. The quantitative estimate of drug-likeness (QED) is 0.247. The second-order valence-corrected chi connectivity index (χ2v) is 15.5. The molecular formula is C24H30Cl3NO6Si. The van der Waals surface area contributed by atoms with Gasteiger partial charge in [0.25, 0.3) is 18.0 Å². The maximum Gasteiger partial charge on any atom is 0.329 e. The maximum atomic E-state index is 12.3. The normalized spacial score (nSPS) is 14.3. The van der Waals surface area contributed by atoms with Crippen molar-refractivity contribution in [3.05, 3.63) is 60.7 Å². The summed E-state index contributed by atoms with van der Waals surface area (Å²) in [6.07, 6.45) is -1.15. The lowest BCUT2D eigenvalue weighted by atomic mass is 10.1. The molecule has 0 aromatic heterocycles. The largest absolute Gasteiger partial charge is 0.480 e. The number of halogens is 3. The van der Waals surface area contributed by atoms with E-state index in [0.717, 1.165) is 10.4 Å². The van der Waals surface area contributed by atoms with E-state index in [0.29, 0.717) is 0 Å². The van der Waals surface area contributed by atoms with Crippen molar-refractivity contribution >= 4 is 65.4 Å². The van der Waals surface area contributed by atoms with Crippen molar-refractivity contribution in [3.8, 4) is 0 Å². The van der Waals surface area contributed by atoms with Gasteiger partial charge in [0.1, 0.15) is 12.9 Å². The highest BCUT2D eigenvalue weighted by molar-refractivity contribution is 6.99. The molecule has 0 heterocycles. The fraction of sp³-hybridized carbons (Fsp3) is 0.417. The van der Waals surface area contributed by atoms with Crippen molar-refractivity contribution in [1.82, 2.24) is 5.32 Å². The Bertz CT molecular complexity index is 927. The highest BCUT2D eigenvalue weighted by Crippen LogP contribution is 2.37. The van der Waals surface area contributed by atoms with Gasteiger partial charge in [-0.15, -0.1) is 0 Å². The molecule has 0 aliphatic heterocycles. The average molecular weight is 563 g/mol. The zero-order valence-electron chi connectivity index (χ0n) is 20.0. The summed E-state index contributed by atoms with van der Waals surface area (Å²) in [6.45, 7) is 5.85. The summed E-state index contributed by atoms with van der Waals surface area (Å²) in [5.74, 6) is -2.47. The smallest absolute Gasteiger partial charge is 0.329 e. The lowest BCUT2D eigenvalue weighted by Gasteiger charge is -2.44. The van der Waals surface area contributed by atoms with Crippen LogP contribution in [0.2, 0.25) is 5.04 Å². The van der Waals surface area contributed by atoms with Crippen molar-refractivity contribution in [2.24, 2.45) is 0 Å². The van der Waals surface area contributed by atoms with Crippen LogP contribution >= 0.6 is 34.8 Å². The molecule has 0 aliphatic rings. The predicted molar refractivity (Wildman–Crippen MR) is 140 cm³/mol. The van der Waals surface area contributed by atoms with Crippen molar-refractivity contribution in [2.45, 2.75) is 41.7 Å². The van der Waals surface area contributed by atoms with E-state index in [1.165, 1.54) is 7.11 Å². The molecule has 2 aromatic carbocycles. The number of ether oxygens (including phenoxy) is 2. The molecule has 2 N–H and O–H groups in total. The number of amides is 1. The van der Waals surface area contributed by atoms with Crippen LogP contribution in [0.1, 0.15) is 20.8 Å². The van der Waals surface area contributed by atoms with Crippen LogP contribution in [0.25, 0.3) is 0 Å². The molecule has 35 heavy (non-hydrogen) atoms. The Balaban J connectivity index is 2.54. The zero-order chi connectivity index (χ0) is 26.3. The topological polar surface area (TPSA) is 94.1 Å². The van der Waals surface area contributed by atoms with E-state index in [1.807, 2.05) is 60.7 Å². The third-order valence-electron chi connectivity index (χ3n) is 5.46. The van der Waals surface area contributed by atoms with Gasteiger partial charge < -0.3 is 24.3 Å². The van der Waals surface area contributed by atoms with Gasteiger partial charge in [0, 0.05) is 7.11 Å². The summed E-state index contributed by atoms with van der Waals surface area (Å²) >= 11 is 16.9. The van der Waals surface area contributed by atoms with Gasteiger partial charge in [-0.2, -0.15) is 0 Å². The number of carboxylic acid groups (broad SMARTS) is 1. The third kappa shape index (κ3) is 7.42. The van der Waals surface area contributed by atoms with Crippen LogP contribution in [0.4, 0.5) is 0 Å². The molecule has 0 unspecified atom stereocenters. The second-order valence-electron chi connectivity index (χ2n) is 8.87. The first kappa shape index (κ1) is 29.6. The minimum atomic E-state index is -3.01. The Hall–Kier alpha value is -1.65. The minimum absolute atomic E-state index is 0.173. The number of alkyl halides is 3. The van der Waals surface area contributed by atoms with Gasteiger partial charge in [-0.25, -0.2) is 4.79 Å². The number of aliphatic carboxylic acids is 1. The number of nitrogens with one attached hydrogen (secondary N) is 1. The lowest BCUT2D eigenvalue weighted by molar-refractivity contribution is -0.153. The van der Waals surface area contributed by atoms with Crippen LogP contribution < -0.4 is 15.7 Å². The monoisotopic (exact) mass is 561 g/mol. The van der Waals surface area contributed by atoms with Crippen molar-refractivity contribution in [2.75, 3.05) is 20.5 Å². The highest BCUT2D eigenvalue weighted by Gasteiger charge is 2.51. The Morgan fingerprint density at radius 1 is 0.971 bits per heavy atom. The van der Waals surface area contributed by atoms with Gasteiger partial charge in [0.15, 0.2) is 6.04 Å². The first-order chi connectivity index (χ1) is 16.3. The van der Waals surface area contributed by atoms with E-state index < -0.39 is 36.1 Å². The summed E-state index contributed by atoms with van der Waals surface area (Å²) in [5, 5.41) is 13.8. The molecule has 2 atom stereocenters. The van der Waals surface area contributed by atoms with Crippen LogP contribution in [0.15, 0.2) is 60.7 Å². The number of methoxy groups -OCH3 is 1. The summed E-state index contributed by atoms with van der Waals surface area (Å²) in [4.78, 5) is 24.4. The molecule has 2 aromatic rings. The summed E-state index contributed by atoms with van der Waals surface area (Å²) < 4.78 is 15.1. The van der Waals surface area contributed by atoms with Gasteiger partial charge in [-0.1, -0.05) is 116 Å². The highest BCUT2D eigenvalue weighted by atomic mass is 35.6. The maximum absolute atomic E-state index is 12.3. The third-order valence-corrected chi connectivity index (χ3v) is 11.0. The van der Waals surface area contributed by atoms with Gasteiger partial charge >= 0.3 is 5.97 Å². The summed E-state index contributed by atoms with van der Waals surface area (Å²) in [6, 6.07) is 18.1. The van der Waals surface area contributed by atoms with Gasteiger partial charge in [-0.05, 0) is 15.4 Å². The van der Waals surface area contributed by atoms with Crippen molar-refractivity contribution in [3.63, 3.8) is 0 Å². The number of carboxylic acids is 1. The number of carbonyl (C=O) groups is 2. The second kappa shape index (κ2) is 12.5. The van der Waals surface area contributed by atoms with E-state index in [2.05, 4.69) is 26.1 Å². The Morgan fingerprint density at radius 2 is 1.46 bits per heavy atom. The zero-order valence-corrected chi connectivity index (χ0v) is 23.2. The molecule has 11 heteroatoms. The molecule has 0 bridgehead atoms. The fourth-order valence-corrected chi connectivity index (χ4v) is 8.63. The van der Waals surface area contributed by atoms with Crippen LogP contribution in [-0.4, -0.2) is 61.7 Å². The number of benzene rings is 2. The van der Waals surface area contributed by atoms with Gasteiger partial charge in [0.2, 0.25) is 0 Å². The van der Waals surface area contributed by atoms with E-state index in [-0.39, 0.29) is 18.4 Å². The number of rotatable bonds is 11. The van der Waals surface area contributed by atoms with Crippen LogP contribution in [0.3, 0.4) is 0 Å². The molecular weight excluding hydrogens is 533 g/mol. The average Bonchev–Trinajstić information content (AvgIpc) is 2.79. The lowest BCUT2D eigenvalue weighted by Crippen LogP contribution is -2.67. The van der Waals surface area contributed by atoms with Gasteiger partial charge in [0.05, 0.1) is 6.61 Å². The van der Waals surface area contributed by atoms with E-state index >= 15 is 0 Å². The van der Waals surface area contributed by atoms with Gasteiger partial charge in [-0.3, -0.25) is 4.79 Å². The molecule has 0 saturated carbocycles. The summed E-state index contributed by atoms with van der Waals surface area (Å²) in [5.41, 5.74) is 0. The first-order valence-electron chi connectivity index (χ1n) is 10.8. The number of carbonyl (C=O) groups excluding carboxylic acids is 1. The van der Waals surface area contributed by atoms with Crippen molar-refractivity contribution < 1.29 is 28.6 Å². The molecule has 192 valence electrons. The SMILES string of the molecule is COCO[C@H](CO[Si](c1ccccc1)(c1ccccc1)C(C)(C)C)[C@@H](NC(=O)C(Cl)(Cl)Cl)C(=O)O. The van der Waals surface area contributed by atoms with E-state index in [4.69, 9.17) is 48.7 Å². The van der Waals surface area contributed by atoms with Crippen LogP contribution in [0, 0.1) is 0 Å². The van der Waals surface area contributed by atoms with Crippen LogP contribution in [0.5, 0.6) is 0 Å². The molecule has 2 rings (SSSR count). The van der Waals surface area contributed by atoms with Crippen molar-refractivity contribution in [1.29, 1.82) is 0 Å². The molecule has 1 amide bonds. The Labute approximate surface area is 221 Å². The molecule has 0 fully saturated rings. The van der Waals surface area contributed by atoms with E-state index in [9.17, 15) is 14.7 Å². The Morgan fingerprint density at radius 3 is 1.83 bits per heavy atom. The molecule has 0 spiro atoms.